The van der Waals surface area contributed by atoms with Gasteiger partial charge in [0.25, 0.3) is 0 Å². The smallest absolute Gasteiger partial charge is 0.205 e. The molecule has 1 aliphatic rings. The first-order chi connectivity index (χ1) is 19.5. The molecule has 2 aromatic carbocycles. The average molecular weight is 570 g/mol. The standard InChI is InChI=1S/C34H41N4S2/c1-35(2)31-17-11-29(12-18-31)15-21-33-9-5-7-23-37(33)25-27-39-40-28-26-38-24-8-6-10-34(38)22-16-30-13-19-32(20-14-30)36(3)4/h5-23H,24-28H2,1-4H3/q+1/b22-16+. The van der Waals surface area contributed by atoms with E-state index in [1.165, 1.54) is 33.9 Å². The summed E-state index contributed by atoms with van der Waals surface area (Å²) >= 11 is 0. The minimum Gasteiger partial charge on any atom is -0.378 e. The Bertz CT molecular complexity index is 1320. The summed E-state index contributed by atoms with van der Waals surface area (Å²) in [7, 11) is 12.2. The molecule has 0 radical (unpaired) electrons. The van der Waals surface area contributed by atoms with Crippen LogP contribution in [0.4, 0.5) is 11.4 Å². The van der Waals surface area contributed by atoms with Crippen LogP contribution in [0.1, 0.15) is 16.8 Å². The van der Waals surface area contributed by atoms with Gasteiger partial charge in [0.15, 0.2) is 12.7 Å². The molecule has 2 heterocycles. The molecule has 0 aliphatic carbocycles. The van der Waals surface area contributed by atoms with Gasteiger partial charge in [-0.2, -0.15) is 4.57 Å². The van der Waals surface area contributed by atoms with Crippen molar-refractivity contribution in [3.63, 3.8) is 0 Å². The number of pyridine rings is 1. The molecule has 0 fully saturated rings. The zero-order valence-corrected chi connectivity index (χ0v) is 25.7. The van der Waals surface area contributed by atoms with Crippen LogP contribution in [0.25, 0.3) is 18.2 Å². The molecule has 1 aromatic heterocycles. The number of hydrogen-bond donors (Lipinski definition) is 0. The Hall–Kier alpha value is -3.35. The summed E-state index contributed by atoms with van der Waals surface area (Å²) in [5.74, 6) is 2.17. The van der Waals surface area contributed by atoms with Crippen molar-refractivity contribution >= 4 is 51.2 Å². The van der Waals surface area contributed by atoms with Gasteiger partial charge in [-0.15, -0.1) is 0 Å². The fourth-order valence-electron chi connectivity index (χ4n) is 4.32. The lowest BCUT2D eigenvalue weighted by Crippen LogP contribution is -2.37. The molecule has 1 aliphatic heterocycles. The number of nitrogens with zero attached hydrogens (tertiary/aromatic N) is 4. The van der Waals surface area contributed by atoms with Crippen LogP contribution < -0.4 is 14.4 Å². The Labute approximate surface area is 248 Å². The van der Waals surface area contributed by atoms with Crippen molar-refractivity contribution in [2.24, 2.45) is 0 Å². The van der Waals surface area contributed by atoms with Crippen LogP contribution in [-0.4, -0.2) is 57.7 Å². The lowest BCUT2D eigenvalue weighted by atomic mass is 10.1. The number of hydrogen-bond acceptors (Lipinski definition) is 5. The van der Waals surface area contributed by atoms with E-state index >= 15 is 0 Å². The summed E-state index contributed by atoms with van der Waals surface area (Å²) in [6, 6.07) is 23.7. The summed E-state index contributed by atoms with van der Waals surface area (Å²) in [6.07, 6.45) is 17.6. The third kappa shape index (κ3) is 9.10. The van der Waals surface area contributed by atoms with Crippen LogP contribution in [0.15, 0.2) is 103 Å². The highest BCUT2D eigenvalue weighted by Gasteiger charge is 2.10. The second-order valence-corrected chi connectivity index (χ2v) is 12.8. The molecule has 3 aromatic rings. The number of rotatable bonds is 13. The fourth-order valence-corrected chi connectivity index (χ4v) is 6.28. The van der Waals surface area contributed by atoms with E-state index in [4.69, 9.17) is 0 Å². The van der Waals surface area contributed by atoms with Crippen molar-refractivity contribution in [3.8, 4) is 0 Å². The molecule has 0 saturated carbocycles. The molecule has 6 heteroatoms. The molecule has 0 amide bonds. The molecule has 0 saturated heterocycles. The lowest BCUT2D eigenvalue weighted by molar-refractivity contribution is -0.694. The Morgan fingerprint density at radius 2 is 1.38 bits per heavy atom. The molecule has 208 valence electrons. The number of aryl methyl sites for hydroxylation is 1. The van der Waals surface area contributed by atoms with Crippen molar-refractivity contribution in [1.82, 2.24) is 4.90 Å². The van der Waals surface area contributed by atoms with Crippen LogP contribution in [0.5, 0.6) is 0 Å². The maximum atomic E-state index is 2.46. The van der Waals surface area contributed by atoms with Gasteiger partial charge >= 0.3 is 0 Å². The zero-order valence-electron chi connectivity index (χ0n) is 24.1. The van der Waals surface area contributed by atoms with Crippen molar-refractivity contribution in [1.29, 1.82) is 0 Å². The van der Waals surface area contributed by atoms with Gasteiger partial charge in [-0.3, -0.25) is 0 Å². The number of aromatic nitrogens is 1. The first-order valence-corrected chi connectivity index (χ1v) is 16.2. The second kappa shape index (κ2) is 15.4. The SMILES string of the molecule is CN(C)c1ccc(/C=C/C2=CC=CCN2CCSSCC[n+]2ccccc2/C=C/c2ccc(N(C)C)cc2)cc1. The van der Waals surface area contributed by atoms with Crippen molar-refractivity contribution < 1.29 is 4.57 Å². The van der Waals surface area contributed by atoms with E-state index < -0.39 is 0 Å². The van der Waals surface area contributed by atoms with E-state index in [-0.39, 0.29) is 0 Å². The highest BCUT2D eigenvalue weighted by molar-refractivity contribution is 8.76. The predicted molar refractivity (Wildman–Crippen MR) is 180 cm³/mol. The number of anilines is 2. The highest BCUT2D eigenvalue weighted by atomic mass is 33.1. The van der Waals surface area contributed by atoms with Crippen molar-refractivity contribution in [2.75, 3.05) is 62.6 Å². The van der Waals surface area contributed by atoms with Gasteiger partial charge in [0.05, 0.1) is 5.75 Å². The minimum absolute atomic E-state index is 0.967. The third-order valence-corrected chi connectivity index (χ3v) is 9.09. The van der Waals surface area contributed by atoms with Crippen LogP contribution in [0.3, 0.4) is 0 Å². The Morgan fingerprint density at radius 3 is 2.02 bits per heavy atom. The maximum Gasteiger partial charge on any atom is 0.205 e. The van der Waals surface area contributed by atoms with Crippen LogP contribution in [0.2, 0.25) is 0 Å². The second-order valence-electron chi connectivity index (χ2n) is 10.1. The Balaban J connectivity index is 1.21. The summed E-state index contributed by atoms with van der Waals surface area (Å²) < 4.78 is 2.34. The molecule has 4 rings (SSSR count). The van der Waals surface area contributed by atoms with E-state index in [9.17, 15) is 0 Å². The van der Waals surface area contributed by atoms with Gasteiger partial charge in [0.1, 0.15) is 0 Å². The molecular formula is C34H41N4S2+. The van der Waals surface area contributed by atoms with Crippen LogP contribution in [-0.2, 0) is 6.54 Å². The van der Waals surface area contributed by atoms with Gasteiger partial charge in [-0.25, -0.2) is 0 Å². The van der Waals surface area contributed by atoms with E-state index in [0.29, 0.717) is 0 Å². The maximum absolute atomic E-state index is 2.46. The highest BCUT2D eigenvalue weighted by Crippen LogP contribution is 2.23. The van der Waals surface area contributed by atoms with Gasteiger partial charge in [0.2, 0.25) is 5.69 Å². The fraction of sp³-hybridized carbons (Fsp3) is 0.265. The molecule has 4 nitrogen and oxygen atoms in total. The van der Waals surface area contributed by atoms with Gasteiger partial charge < -0.3 is 14.7 Å². The van der Waals surface area contributed by atoms with Crippen LogP contribution >= 0.6 is 21.6 Å². The quantitative estimate of drug-likeness (QED) is 0.123. The first kappa shape index (κ1) is 29.6. The monoisotopic (exact) mass is 569 g/mol. The van der Waals surface area contributed by atoms with E-state index in [1.54, 1.807) is 0 Å². The molecule has 0 N–H and O–H groups in total. The largest absolute Gasteiger partial charge is 0.378 e. The van der Waals surface area contributed by atoms with Gasteiger partial charge in [0, 0.05) is 82.3 Å². The third-order valence-electron chi connectivity index (χ3n) is 6.73. The van der Waals surface area contributed by atoms with Crippen molar-refractivity contribution in [3.05, 3.63) is 120 Å². The molecule has 0 spiro atoms. The predicted octanol–water partition coefficient (Wildman–Crippen LogP) is 7.13. The number of allylic oxidation sites excluding steroid dienone is 3. The normalized spacial score (nSPS) is 13.3. The molecular weight excluding hydrogens is 529 g/mol. The lowest BCUT2D eigenvalue weighted by Gasteiger charge is -2.26. The average Bonchev–Trinajstić information content (AvgIpc) is 2.98. The first-order valence-electron chi connectivity index (χ1n) is 13.8. The van der Waals surface area contributed by atoms with E-state index in [2.05, 4.69) is 163 Å². The Morgan fingerprint density at radius 1 is 0.750 bits per heavy atom. The van der Waals surface area contributed by atoms with Crippen molar-refractivity contribution in [2.45, 2.75) is 6.54 Å². The van der Waals surface area contributed by atoms with E-state index in [0.717, 1.165) is 31.1 Å². The van der Waals surface area contributed by atoms with E-state index in [1.807, 2.05) is 21.6 Å². The topological polar surface area (TPSA) is 13.6 Å². The van der Waals surface area contributed by atoms with Gasteiger partial charge in [-0.1, -0.05) is 64.1 Å². The Kier molecular flexibility index (Phi) is 11.4. The van der Waals surface area contributed by atoms with Crippen LogP contribution in [0, 0.1) is 0 Å². The summed E-state index contributed by atoms with van der Waals surface area (Å²) in [4.78, 5) is 6.70. The molecule has 40 heavy (non-hydrogen) atoms. The molecule has 0 unspecified atom stereocenters. The minimum atomic E-state index is 0.967. The summed E-state index contributed by atoms with van der Waals surface area (Å²) in [5.41, 5.74) is 7.37. The zero-order chi connectivity index (χ0) is 28.2. The summed E-state index contributed by atoms with van der Waals surface area (Å²) in [5, 5.41) is 0. The van der Waals surface area contributed by atoms with Gasteiger partial charge in [-0.05, 0) is 59.7 Å². The molecule has 0 bridgehead atoms. The number of benzene rings is 2. The summed E-state index contributed by atoms with van der Waals surface area (Å²) in [6.45, 7) is 3.00. The molecule has 0 atom stereocenters.